The number of nitrogens with one attached hydrogen (secondary N) is 2. The Morgan fingerprint density at radius 3 is 2.75 bits per heavy atom. The highest BCUT2D eigenvalue weighted by Crippen LogP contribution is 2.49. The van der Waals surface area contributed by atoms with Crippen LogP contribution in [0.3, 0.4) is 0 Å². The number of carbonyl (C=O) groups is 1. The monoisotopic (exact) mass is 616 g/mol. The Morgan fingerprint density at radius 2 is 2.10 bits per heavy atom. The van der Waals surface area contributed by atoms with Crippen LogP contribution in [-0.4, -0.2) is 80.7 Å². The Morgan fingerprint density at radius 1 is 1.38 bits per heavy atom. The lowest BCUT2D eigenvalue weighted by atomic mass is 9.99. The van der Waals surface area contributed by atoms with Crippen molar-refractivity contribution in [2.75, 3.05) is 31.5 Å². The third-order valence-corrected chi connectivity index (χ3v) is 9.11. The van der Waals surface area contributed by atoms with Crippen molar-refractivity contribution in [1.29, 1.82) is 0 Å². The summed E-state index contributed by atoms with van der Waals surface area (Å²) in [6.07, 6.45) is -3.60. The molecule has 0 amide bonds. The van der Waals surface area contributed by atoms with Gasteiger partial charge in [0.25, 0.3) is 0 Å². The van der Waals surface area contributed by atoms with E-state index in [9.17, 15) is 9.90 Å². The topological polar surface area (TPSA) is 142 Å². The molecule has 1 aliphatic rings. The van der Waals surface area contributed by atoms with Crippen molar-refractivity contribution < 1.29 is 32.8 Å². The highest BCUT2D eigenvalue weighted by Gasteiger charge is 2.57. The largest absolute Gasteiger partial charge is 0.465 e. The van der Waals surface area contributed by atoms with E-state index < -0.39 is 49.4 Å². The second-order valence-electron chi connectivity index (χ2n) is 9.07. The number of nitrogens with zero attached hydrogens (tertiary/aromatic N) is 4. The smallest absolute Gasteiger partial charge is 0.323 e. The van der Waals surface area contributed by atoms with E-state index in [4.69, 9.17) is 41.9 Å². The molecule has 3 heterocycles. The van der Waals surface area contributed by atoms with Crippen LogP contribution in [0.4, 0.5) is 10.2 Å². The number of aromatic nitrogens is 4. The molecule has 1 aliphatic heterocycles. The minimum Gasteiger partial charge on any atom is -0.465 e. The Kier molecular flexibility index (Phi) is 9.61. The van der Waals surface area contributed by atoms with E-state index in [0.29, 0.717) is 28.6 Å². The van der Waals surface area contributed by atoms with Crippen LogP contribution < -0.4 is 14.9 Å². The van der Waals surface area contributed by atoms with E-state index in [1.165, 1.54) is 10.9 Å². The van der Waals surface area contributed by atoms with Gasteiger partial charge in [0.2, 0.25) is 0 Å². The summed E-state index contributed by atoms with van der Waals surface area (Å²) < 4.78 is 40.2. The van der Waals surface area contributed by atoms with E-state index in [2.05, 4.69) is 25.4 Å². The van der Waals surface area contributed by atoms with Gasteiger partial charge in [-0.2, -0.15) is 0 Å². The number of fused-ring (bicyclic) bond motifs is 1. The first-order valence-corrected chi connectivity index (χ1v) is 15.6. The van der Waals surface area contributed by atoms with Crippen LogP contribution in [0.5, 0.6) is 5.75 Å². The average molecular weight is 617 g/mol. The lowest BCUT2D eigenvalue weighted by Crippen LogP contribution is -2.48. The summed E-state index contributed by atoms with van der Waals surface area (Å²) in [5, 5.41) is 16.9. The number of aliphatic hydroxyl groups is 1. The summed E-state index contributed by atoms with van der Waals surface area (Å²) in [6, 6.07) is 7.73. The molecular weight excluding hydrogens is 586 g/mol. The Hall–Kier alpha value is -2.45. The predicted molar refractivity (Wildman–Crippen MR) is 151 cm³/mol. The van der Waals surface area contributed by atoms with Gasteiger partial charge < -0.3 is 28.9 Å². The number of aliphatic hydroxyl groups excluding tert-OH is 1. The molecule has 1 saturated heterocycles. The maximum absolute atomic E-state index is 15.7. The van der Waals surface area contributed by atoms with Crippen molar-refractivity contribution in [2.24, 2.45) is 0 Å². The molecule has 40 heavy (non-hydrogen) atoms. The van der Waals surface area contributed by atoms with Crippen molar-refractivity contribution in [3.05, 3.63) is 42.5 Å². The molecule has 2 aromatic heterocycles. The zero-order valence-electron chi connectivity index (χ0n) is 22.3. The van der Waals surface area contributed by atoms with Gasteiger partial charge in [0.1, 0.15) is 29.3 Å². The zero-order chi connectivity index (χ0) is 29.1. The number of esters is 1. The maximum atomic E-state index is 15.7. The first kappa shape index (κ1) is 30.5. The van der Waals surface area contributed by atoms with E-state index in [1.54, 1.807) is 58.2 Å². The summed E-state index contributed by atoms with van der Waals surface area (Å²) in [6.45, 7) is 1.14. The standard InChI is InChI=1S/C24H31ClFN6O6PS/c1-5-35-23(34)14(2)31-39(40,38-16-9-7-6-8-10-16)36-12-24(11-25)19(33)17(26)22(37-24)32-13-28-18-20(27-4)29-15(3)30-21(18)32/h6-10,13-14,17,19,22,33H,5,11-12H2,1-4H3,(H,31,40)(H,27,29,30)/t14-,17-,19-,22+,24+,39-/m0/s1. The second-order valence-corrected chi connectivity index (χ2v) is 12.5. The van der Waals surface area contributed by atoms with Gasteiger partial charge in [-0.3, -0.25) is 9.36 Å². The fraction of sp³-hybridized carbons (Fsp3) is 0.500. The number of hydrogen-bond donors (Lipinski definition) is 3. The molecule has 12 nitrogen and oxygen atoms in total. The number of para-hydroxylation sites is 1. The van der Waals surface area contributed by atoms with Crippen LogP contribution >= 0.6 is 18.2 Å². The van der Waals surface area contributed by atoms with Gasteiger partial charge in [0, 0.05) is 7.05 Å². The third-order valence-electron chi connectivity index (χ3n) is 6.18. The Bertz CT molecular complexity index is 1390. The van der Waals surface area contributed by atoms with E-state index in [0.717, 1.165) is 0 Å². The molecule has 0 unspecified atom stereocenters. The number of imidazole rings is 1. The van der Waals surface area contributed by atoms with Gasteiger partial charge >= 0.3 is 12.6 Å². The Balaban J connectivity index is 1.61. The lowest BCUT2D eigenvalue weighted by molar-refractivity contribution is -0.144. The Labute approximate surface area is 240 Å². The minimum absolute atomic E-state index is 0.173. The number of ether oxygens (including phenoxy) is 2. The van der Waals surface area contributed by atoms with E-state index in [1.807, 2.05) is 0 Å². The number of rotatable bonds is 12. The minimum atomic E-state index is -3.50. The van der Waals surface area contributed by atoms with Crippen molar-refractivity contribution in [3.8, 4) is 5.75 Å². The quantitative estimate of drug-likeness (QED) is 0.156. The molecule has 6 atom stereocenters. The number of anilines is 1. The van der Waals surface area contributed by atoms with Crippen LogP contribution in [0.1, 0.15) is 25.9 Å². The van der Waals surface area contributed by atoms with Crippen molar-refractivity contribution in [3.63, 3.8) is 0 Å². The second kappa shape index (κ2) is 12.6. The van der Waals surface area contributed by atoms with Crippen LogP contribution in [0.15, 0.2) is 36.7 Å². The van der Waals surface area contributed by atoms with Gasteiger partial charge in [-0.15, -0.1) is 11.6 Å². The SMILES string of the molecule is CCOC(=O)[C@H](C)N[P@](=S)(OC[C@@]1(CCl)O[C@@H](n2cnc3c(NC)nc(C)nc32)[C@@H](F)[C@@H]1O)Oc1ccccc1. The van der Waals surface area contributed by atoms with Gasteiger partial charge in [-0.1, -0.05) is 18.2 Å². The molecule has 0 bridgehead atoms. The molecule has 0 saturated carbocycles. The van der Waals surface area contributed by atoms with Gasteiger partial charge in [0.05, 0.1) is 25.4 Å². The molecule has 0 radical (unpaired) electrons. The number of hydrogen-bond acceptors (Lipinski definition) is 11. The van der Waals surface area contributed by atoms with Crippen LogP contribution in [0, 0.1) is 6.92 Å². The highest BCUT2D eigenvalue weighted by atomic mass is 35.5. The zero-order valence-corrected chi connectivity index (χ0v) is 24.8. The first-order valence-electron chi connectivity index (χ1n) is 12.4. The number of carbonyl (C=O) groups excluding carboxylic acids is 1. The summed E-state index contributed by atoms with van der Waals surface area (Å²) in [5.41, 5.74) is -1.01. The summed E-state index contributed by atoms with van der Waals surface area (Å²) in [4.78, 5) is 25.3. The number of aryl methyl sites for hydroxylation is 1. The van der Waals surface area contributed by atoms with Crippen LogP contribution in [-0.2, 0) is 30.6 Å². The molecule has 218 valence electrons. The van der Waals surface area contributed by atoms with Crippen molar-refractivity contribution >= 4 is 53.0 Å². The average Bonchev–Trinajstić information content (AvgIpc) is 3.46. The van der Waals surface area contributed by atoms with E-state index >= 15 is 4.39 Å². The first-order chi connectivity index (χ1) is 19.1. The molecular formula is C24H31ClFN6O6PS. The maximum Gasteiger partial charge on any atom is 0.323 e. The molecule has 3 aromatic rings. The normalized spacial score (nSPS) is 24.9. The fourth-order valence-electron chi connectivity index (χ4n) is 4.15. The van der Waals surface area contributed by atoms with Gasteiger partial charge in [-0.05, 0) is 44.7 Å². The lowest BCUT2D eigenvalue weighted by Gasteiger charge is -2.33. The molecule has 0 aliphatic carbocycles. The molecule has 3 N–H and O–H groups in total. The van der Waals surface area contributed by atoms with E-state index in [-0.39, 0.29) is 12.5 Å². The third kappa shape index (κ3) is 6.23. The van der Waals surface area contributed by atoms with Gasteiger partial charge in [-0.25, -0.2) is 24.4 Å². The molecule has 16 heteroatoms. The summed E-state index contributed by atoms with van der Waals surface area (Å²) in [5.74, 6) is 0.364. The highest BCUT2D eigenvalue weighted by molar-refractivity contribution is 8.09. The summed E-state index contributed by atoms with van der Waals surface area (Å²) in [7, 11) is 1.68. The van der Waals surface area contributed by atoms with Crippen LogP contribution in [0.25, 0.3) is 11.2 Å². The molecule has 0 spiro atoms. The summed E-state index contributed by atoms with van der Waals surface area (Å²) >= 11 is 12.0. The van der Waals surface area contributed by atoms with Gasteiger partial charge in [0.15, 0.2) is 29.4 Å². The van der Waals surface area contributed by atoms with Crippen molar-refractivity contribution in [1.82, 2.24) is 24.6 Å². The fourth-order valence-corrected chi connectivity index (χ4v) is 6.88. The van der Waals surface area contributed by atoms with Crippen LogP contribution in [0.2, 0.25) is 0 Å². The van der Waals surface area contributed by atoms with Crippen molar-refractivity contribution in [2.45, 2.75) is 50.9 Å². The number of halogens is 2. The predicted octanol–water partition coefficient (Wildman–Crippen LogP) is 3.24. The number of benzene rings is 1. The molecule has 1 fully saturated rings. The number of alkyl halides is 2. The molecule has 1 aromatic carbocycles. The molecule has 4 rings (SSSR count).